The van der Waals surface area contributed by atoms with Crippen LogP contribution in [0.2, 0.25) is 0 Å². The molecule has 3 rings (SSSR count). The molecule has 0 amide bonds. The normalized spacial score (nSPS) is 22.5. The van der Waals surface area contributed by atoms with Gasteiger partial charge < -0.3 is 19.4 Å². The molecule has 0 unspecified atom stereocenters. The first-order valence-corrected chi connectivity index (χ1v) is 10.5. The Hall–Kier alpha value is -2.29. The fourth-order valence-electron chi connectivity index (χ4n) is 3.50. The van der Waals surface area contributed by atoms with Crippen molar-refractivity contribution in [2.45, 2.75) is 58.7 Å². The molecule has 30 heavy (non-hydrogen) atoms. The SMILES string of the molecule is CC(C)[C@@H](OCc1ccccc1)[C@H](C)C=NO[C@H](C)c1cn([C@@H]2COC[C@@H]2O)nn1. The fourth-order valence-corrected chi connectivity index (χ4v) is 3.50. The highest BCUT2D eigenvalue weighted by atomic mass is 16.6. The van der Waals surface area contributed by atoms with Crippen molar-refractivity contribution in [3.05, 3.63) is 47.8 Å². The van der Waals surface area contributed by atoms with E-state index in [0.29, 0.717) is 31.4 Å². The van der Waals surface area contributed by atoms with Crippen LogP contribution in [0.1, 0.15) is 51.1 Å². The van der Waals surface area contributed by atoms with Gasteiger partial charge in [0.2, 0.25) is 0 Å². The average molecular weight is 417 g/mol. The third-order valence-electron chi connectivity index (χ3n) is 5.28. The van der Waals surface area contributed by atoms with E-state index in [-0.39, 0.29) is 24.2 Å². The molecule has 2 heterocycles. The van der Waals surface area contributed by atoms with Crippen LogP contribution >= 0.6 is 0 Å². The molecule has 1 aliphatic rings. The van der Waals surface area contributed by atoms with Crippen LogP contribution in [0.5, 0.6) is 0 Å². The highest BCUT2D eigenvalue weighted by Gasteiger charge is 2.29. The Balaban J connectivity index is 1.51. The molecule has 5 atom stereocenters. The Labute approximate surface area is 177 Å². The van der Waals surface area contributed by atoms with Crippen LogP contribution in [-0.4, -0.2) is 51.7 Å². The van der Waals surface area contributed by atoms with Gasteiger partial charge >= 0.3 is 0 Å². The fraction of sp³-hybridized carbons (Fsp3) is 0.591. The number of ether oxygens (including phenoxy) is 2. The van der Waals surface area contributed by atoms with Crippen molar-refractivity contribution in [1.29, 1.82) is 0 Å². The minimum absolute atomic E-state index is 0.0255. The van der Waals surface area contributed by atoms with E-state index >= 15 is 0 Å². The van der Waals surface area contributed by atoms with Gasteiger partial charge in [-0.25, -0.2) is 4.68 Å². The van der Waals surface area contributed by atoms with Crippen LogP contribution in [0, 0.1) is 11.8 Å². The molecule has 1 aliphatic heterocycles. The van der Waals surface area contributed by atoms with E-state index in [1.807, 2.05) is 25.1 Å². The zero-order chi connectivity index (χ0) is 21.5. The molecule has 1 aromatic carbocycles. The first-order valence-electron chi connectivity index (χ1n) is 10.5. The maximum absolute atomic E-state index is 9.93. The lowest BCUT2D eigenvalue weighted by Crippen LogP contribution is -2.28. The molecule has 1 aromatic heterocycles. The zero-order valence-corrected chi connectivity index (χ0v) is 18.1. The number of nitrogens with zero attached hydrogens (tertiary/aromatic N) is 4. The second-order valence-electron chi connectivity index (χ2n) is 8.16. The van der Waals surface area contributed by atoms with Gasteiger partial charge in [-0.05, 0) is 18.4 Å². The van der Waals surface area contributed by atoms with E-state index in [4.69, 9.17) is 14.3 Å². The van der Waals surface area contributed by atoms with Gasteiger partial charge in [-0.15, -0.1) is 5.10 Å². The van der Waals surface area contributed by atoms with Gasteiger partial charge in [0.1, 0.15) is 17.8 Å². The number of aromatic nitrogens is 3. The van der Waals surface area contributed by atoms with Gasteiger partial charge in [0.15, 0.2) is 6.10 Å². The Bertz CT molecular complexity index is 795. The summed E-state index contributed by atoms with van der Waals surface area (Å²) in [6.07, 6.45) is 2.65. The summed E-state index contributed by atoms with van der Waals surface area (Å²) in [5.74, 6) is 0.426. The van der Waals surface area contributed by atoms with Crippen molar-refractivity contribution in [1.82, 2.24) is 15.0 Å². The minimum atomic E-state index is -0.571. The molecule has 164 valence electrons. The quantitative estimate of drug-likeness (QED) is 0.473. The summed E-state index contributed by atoms with van der Waals surface area (Å²) in [5, 5.41) is 22.3. The Morgan fingerprint density at radius 1 is 1.23 bits per heavy atom. The monoisotopic (exact) mass is 416 g/mol. The summed E-state index contributed by atoms with van der Waals surface area (Å²) < 4.78 is 13.1. The van der Waals surface area contributed by atoms with Gasteiger partial charge in [0.25, 0.3) is 0 Å². The lowest BCUT2D eigenvalue weighted by atomic mass is 9.95. The molecular weight excluding hydrogens is 384 g/mol. The van der Waals surface area contributed by atoms with Crippen molar-refractivity contribution in [3.63, 3.8) is 0 Å². The summed E-state index contributed by atoms with van der Waals surface area (Å²) in [7, 11) is 0. The average Bonchev–Trinajstić information content (AvgIpc) is 3.37. The van der Waals surface area contributed by atoms with E-state index in [1.165, 1.54) is 0 Å². The smallest absolute Gasteiger partial charge is 0.169 e. The van der Waals surface area contributed by atoms with Crippen molar-refractivity contribution in [3.8, 4) is 0 Å². The van der Waals surface area contributed by atoms with Crippen LogP contribution in [0.25, 0.3) is 0 Å². The number of rotatable bonds is 10. The Kier molecular flexibility index (Phi) is 7.95. The van der Waals surface area contributed by atoms with Gasteiger partial charge in [0.05, 0.1) is 32.1 Å². The summed E-state index contributed by atoms with van der Waals surface area (Å²) >= 11 is 0. The van der Waals surface area contributed by atoms with Crippen molar-refractivity contribution in [2.75, 3.05) is 13.2 Å². The molecule has 8 heteroatoms. The third kappa shape index (κ3) is 5.87. The van der Waals surface area contributed by atoms with Crippen molar-refractivity contribution >= 4 is 6.21 Å². The van der Waals surface area contributed by atoms with Crippen LogP contribution in [0.15, 0.2) is 41.7 Å². The standard InChI is InChI=1S/C22H32N4O4/c1-15(2)22(29-12-18-8-6-5-7-9-18)16(3)10-23-30-17(4)19-11-26(25-24-19)20-13-28-14-21(20)27/h5-11,15-17,20-22,27H,12-14H2,1-4H3/t16-,17-,20-,21+,22-/m1/s1. The minimum Gasteiger partial charge on any atom is -0.388 e. The third-order valence-corrected chi connectivity index (χ3v) is 5.28. The predicted molar refractivity (Wildman–Crippen MR) is 113 cm³/mol. The highest BCUT2D eigenvalue weighted by Crippen LogP contribution is 2.22. The molecule has 0 spiro atoms. The molecule has 0 aliphatic carbocycles. The van der Waals surface area contributed by atoms with Crippen molar-refractivity contribution < 1.29 is 19.4 Å². The maximum Gasteiger partial charge on any atom is 0.169 e. The summed E-state index contributed by atoms with van der Waals surface area (Å²) in [4.78, 5) is 5.60. The topological polar surface area (TPSA) is 91.0 Å². The summed E-state index contributed by atoms with van der Waals surface area (Å²) in [6, 6.07) is 9.94. The first-order chi connectivity index (χ1) is 14.5. The van der Waals surface area contributed by atoms with Crippen LogP contribution < -0.4 is 0 Å². The van der Waals surface area contributed by atoms with Crippen molar-refractivity contribution in [2.24, 2.45) is 17.0 Å². The lowest BCUT2D eigenvalue weighted by molar-refractivity contribution is -0.00779. The predicted octanol–water partition coefficient (Wildman–Crippen LogP) is 3.15. The Morgan fingerprint density at radius 3 is 2.67 bits per heavy atom. The number of benzene rings is 1. The molecule has 2 aromatic rings. The molecule has 8 nitrogen and oxygen atoms in total. The molecule has 1 saturated heterocycles. The molecular formula is C22H32N4O4. The van der Waals surface area contributed by atoms with E-state index < -0.39 is 6.10 Å². The molecule has 1 N–H and O–H groups in total. The molecule has 0 bridgehead atoms. The van der Waals surface area contributed by atoms with Gasteiger partial charge in [-0.1, -0.05) is 61.5 Å². The van der Waals surface area contributed by atoms with Crippen LogP contribution in [-0.2, 0) is 20.9 Å². The highest BCUT2D eigenvalue weighted by molar-refractivity contribution is 5.60. The number of hydrogen-bond donors (Lipinski definition) is 1. The zero-order valence-electron chi connectivity index (χ0n) is 18.1. The summed E-state index contributed by atoms with van der Waals surface area (Å²) in [5.41, 5.74) is 1.80. The molecule has 0 radical (unpaired) electrons. The van der Waals surface area contributed by atoms with Crippen LogP contribution in [0.4, 0.5) is 0 Å². The Morgan fingerprint density at radius 2 is 2.00 bits per heavy atom. The molecule has 1 fully saturated rings. The summed E-state index contributed by atoms with van der Waals surface area (Å²) in [6.45, 7) is 9.53. The van der Waals surface area contributed by atoms with E-state index in [1.54, 1.807) is 17.1 Å². The number of aliphatic hydroxyl groups is 1. The number of oxime groups is 1. The number of hydrogen-bond acceptors (Lipinski definition) is 7. The van der Waals surface area contributed by atoms with Gasteiger partial charge in [-0.2, -0.15) is 0 Å². The number of aliphatic hydroxyl groups excluding tert-OH is 1. The van der Waals surface area contributed by atoms with E-state index in [0.717, 1.165) is 5.56 Å². The van der Waals surface area contributed by atoms with Gasteiger partial charge in [-0.3, -0.25) is 0 Å². The maximum atomic E-state index is 9.93. The largest absolute Gasteiger partial charge is 0.388 e. The molecule has 0 saturated carbocycles. The first kappa shape index (κ1) is 22.4. The van der Waals surface area contributed by atoms with E-state index in [9.17, 15) is 5.11 Å². The second kappa shape index (κ2) is 10.7. The van der Waals surface area contributed by atoms with Gasteiger partial charge in [0, 0.05) is 12.1 Å². The lowest BCUT2D eigenvalue weighted by Gasteiger charge is -2.25. The van der Waals surface area contributed by atoms with E-state index in [2.05, 4.69) is 48.4 Å². The second-order valence-corrected chi connectivity index (χ2v) is 8.16. The van der Waals surface area contributed by atoms with Crippen LogP contribution in [0.3, 0.4) is 0 Å².